The largest absolute Gasteiger partial charge is 0.497 e. The van der Waals surface area contributed by atoms with Crippen LogP contribution >= 0.6 is 0 Å². The number of benzene rings is 4. The van der Waals surface area contributed by atoms with Gasteiger partial charge in [-0.05, 0) is 69.6 Å². The number of hydrogen-bond donors (Lipinski definition) is 0. The van der Waals surface area contributed by atoms with Gasteiger partial charge in [0.15, 0.2) is 0 Å². The summed E-state index contributed by atoms with van der Waals surface area (Å²) in [4.78, 5) is 0. The topological polar surface area (TPSA) is 9.23 Å². The van der Waals surface area contributed by atoms with Crippen LogP contribution in [0.1, 0.15) is 25.3 Å². The molecule has 0 fully saturated rings. The molecule has 0 radical (unpaired) electrons. The lowest BCUT2D eigenvalue weighted by Crippen LogP contribution is -1.86. The molecule has 0 saturated heterocycles. The van der Waals surface area contributed by atoms with Gasteiger partial charge in [-0.2, -0.15) is 0 Å². The first kappa shape index (κ1) is 18.3. The lowest BCUT2D eigenvalue weighted by Gasteiger charge is -2.08. The van der Waals surface area contributed by atoms with Crippen molar-refractivity contribution in [1.29, 1.82) is 0 Å². The van der Waals surface area contributed by atoms with Crippen LogP contribution in [0.2, 0.25) is 0 Å². The predicted octanol–water partition coefficient (Wildman–Crippen LogP) is 7.53. The second-order valence-corrected chi connectivity index (χ2v) is 7.31. The molecule has 0 N–H and O–H groups in total. The first-order valence-electron chi connectivity index (χ1n) is 10.0. The monoisotopic (exact) mass is 366 g/mol. The van der Waals surface area contributed by atoms with Crippen molar-refractivity contribution in [3.63, 3.8) is 0 Å². The molecule has 1 heteroatoms. The molecule has 0 aliphatic carbocycles. The number of rotatable bonds is 6. The molecule has 0 heterocycles. The smallest absolute Gasteiger partial charge is 0.118 e. The minimum absolute atomic E-state index is 0.884. The molecule has 4 aromatic rings. The molecule has 0 spiro atoms. The van der Waals surface area contributed by atoms with Gasteiger partial charge in [0, 0.05) is 0 Å². The Morgan fingerprint density at radius 1 is 0.607 bits per heavy atom. The predicted molar refractivity (Wildman–Crippen MR) is 120 cm³/mol. The molecule has 4 rings (SSSR count). The molecule has 140 valence electrons. The summed E-state index contributed by atoms with van der Waals surface area (Å²) in [5, 5.41) is 2.63. The number of methoxy groups -OCH3 is 1. The maximum atomic E-state index is 5.24. The highest BCUT2D eigenvalue weighted by atomic mass is 16.5. The van der Waals surface area contributed by atoms with Gasteiger partial charge in [0.2, 0.25) is 0 Å². The van der Waals surface area contributed by atoms with E-state index in [4.69, 9.17) is 4.74 Å². The van der Waals surface area contributed by atoms with Gasteiger partial charge in [0.05, 0.1) is 7.11 Å². The second kappa shape index (κ2) is 8.31. The third-order valence-corrected chi connectivity index (χ3v) is 5.37. The first-order chi connectivity index (χ1) is 13.8. The van der Waals surface area contributed by atoms with E-state index >= 15 is 0 Å². The Morgan fingerprint density at radius 2 is 1.14 bits per heavy atom. The molecule has 0 bridgehead atoms. The lowest BCUT2D eigenvalue weighted by molar-refractivity contribution is 0.415. The molecule has 0 atom stereocenters. The fraction of sp³-hybridized carbons (Fsp3) is 0.185. The molecule has 4 aromatic carbocycles. The van der Waals surface area contributed by atoms with E-state index in [0.717, 1.165) is 5.75 Å². The Kier molecular flexibility index (Phi) is 5.43. The SMILES string of the molecule is CCCCc1ccc2cc(-c3ccc(-c4ccc(OC)cc4)cc3)ccc2c1. The van der Waals surface area contributed by atoms with Crippen LogP contribution in [0.15, 0.2) is 84.9 Å². The van der Waals surface area contributed by atoms with E-state index in [1.165, 1.54) is 57.9 Å². The number of aryl methyl sites for hydroxylation is 1. The van der Waals surface area contributed by atoms with Crippen molar-refractivity contribution in [2.45, 2.75) is 26.2 Å². The maximum absolute atomic E-state index is 5.24. The first-order valence-corrected chi connectivity index (χ1v) is 10.0. The maximum Gasteiger partial charge on any atom is 0.118 e. The number of ether oxygens (including phenoxy) is 1. The molecular formula is C27H26O. The number of unbranched alkanes of at least 4 members (excludes halogenated alkanes) is 1. The summed E-state index contributed by atoms with van der Waals surface area (Å²) < 4.78 is 5.24. The van der Waals surface area contributed by atoms with Gasteiger partial charge in [-0.1, -0.05) is 80.1 Å². The summed E-state index contributed by atoms with van der Waals surface area (Å²) in [5.74, 6) is 0.884. The van der Waals surface area contributed by atoms with E-state index in [-0.39, 0.29) is 0 Å². The third-order valence-electron chi connectivity index (χ3n) is 5.37. The lowest BCUT2D eigenvalue weighted by atomic mass is 9.97. The zero-order chi connectivity index (χ0) is 19.3. The highest BCUT2D eigenvalue weighted by Gasteiger charge is 2.03. The van der Waals surface area contributed by atoms with Gasteiger partial charge in [-0.25, -0.2) is 0 Å². The molecule has 0 saturated carbocycles. The molecule has 0 aliphatic heterocycles. The average Bonchev–Trinajstić information content (AvgIpc) is 2.77. The summed E-state index contributed by atoms with van der Waals surface area (Å²) in [5.41, 5.74) is 6.36. The summed E-state index contributed by atoms with van der Waals surface area (Å²) >= 11 is 0. The number of hydrogen-bond acceptors (Lipinski definition) is 1. The second-order valence-electron chi connectivity index (χ2n) is 7.31. The van der Waals surface area contributed by atoms with Crippen LogP contribution in [-0.2, 0) is 6.42 Å². The quantitative estimate of drug-likeness (QED) is 0.343. The average molecular weight is 367 g/mol. The standard InChI is InChI=1S/C27H26O/c1-3-4-5-20-6-7-26-19-25(13-12-24(26)18-20)23-10-8-21(9-11-23)22-14-16-27(28-2)17-15-22/h6-19H,3-5H2,1-2H3. The van der Waals surface area contributed by atoms with E-state index in [9.17, 15) is 0 Å². The van der Waals surface area contributed by atoms with Crippen molar-refractivity contribution in [3.05, 3.63) is 90.5 Å². The van der Waals surface area contributed by atoms with Crippen molar-refractivity contribution in [3.8, 4) is 28.0 Å². The van der Waals surface area contributed by atoms with Gasteiger partial charge in [-0.3, -0.25) is 0 Å². The summed E-state index contributed by atoms with van der Waals surface area (Å²) in [6.07, 6.45) is 3.66. The fourth-order valence-electron chi connectivity index (χ4n) is 3.65. The van der Waals surface area contributed by atoms with E-state index in [1.807, 2.05) is 12.1 Å². The van der Waals surface area contributed by atoms with Crippen LogP contribution in [0.4, 0.5) is 0 Å². The Hall–Kier alpha value is -3.06. The summed E-state index contributed by atoms with van der Waals surface area (Å²) in [6.45, 7) is 2.24. The van der Waals surface area contributed by atoms with Gasteiger partial charge >= 0.3 is 0 Å². The Labute approximate surface area is 167 Å². The van der Waals surface area contributed by atoms with Gasteiger partial charge in [0.1, 0.15) is 5.75 Å². The van der Waals surface area contributed by atoms with Crippen molar-refractivity contribution >= 4 is 10.8 Å². The van der Waals surface area contributed by atoms with Crippen molar-refractivity contribution in [2.75, 3.05) is 7.11 Å². The minimum Gasteiger partial charge on any atom is -0.497 e. The Balaban J connectivity index is 1.58. The van der Waals surface area contributed by atoms with Crippen molar-refractivity contribution in [1.82, 2.24) is 0 Å². The molecule has 0 aliphatic rings. The third kappa shape index (κ3) is 3.94. The van der Waals surface area contributed by atoms with Crippen LogP contribution in [0.5, 0.6) is 5.75 Å². The van der Waals surface area contributed by atoms with Crippen molar-refractivity contribution < 1.29 is 4.74 Å². The van der Waals surface area contributed by atoms with Crippen LogP contribution in [0, 0.1) is 0 Å². The molecule has 1 nitrogen and oxygen atoms in total. The molecule has 0 unspecified atom stereocenters. The molecule has 0 amide bonds. The highest BCUT2D eigenvalue weighted by molar-refractivity contribution is 5.88. The normalized spacial score (nSPS) is 10.9. The van der Waals surface area contributed by atoms with Gasteiger partial charge in [0.25, 0.3) is 0 Å². The van der Waals surface area contributed by atoms with Crippen LogP contribution < -0.4 is 4.74 Å². The van der Waals surface area contributed by atoms with Crippen LogP contribution in [-0.4, -0.2) is 7.11 Å². The summed E-state index contributed by atoms with van der Waals surface area (Å²) in [7, 11) is 1.69. The van der Waals surface area contributed by atoms with Gasteiger partial charge < -0.3 is 4.74 Å². The van der Waals surface area contributed by atoms with Crippen LogP contribution in [0.25, 0.3) is 33.0 Å². The van der Waals surface area contributed by atoms with E-state index in [0.29, 0.717) is 0 Å². The van der Waals surface area contributed by atoms with E-state index in [1.54, 1.807) is 7.11 Å². The molecule has 0 aromatic heterocycles. The Bertz CT molecular complexity index is 1060. The zero-order valence-corrected chi connectivity index (χ0v) is 16.6. The minimum atomic E-state index is 0.884. The molecule has 28 heavy (non-hydrogen) atoms. The van der Waals surface area contributed by atoms with Gasteiger partial charge in [-0.15, -0.1) is 0 Å². The Morgan fingerprint density at radius 3 is 1.79 bits per heavy atom. The van der Waals surface area contributed by atoms with E-state index < -0.39 is 0 Å². The van der Waals surface area contributed by atoms with Crippen LogP contribution in [0.3, 0.4) is 0 Å². The zero-order valence-electron chi connectivity index (χ0n) is 16.6. The van der Waals surface area contributed by atoms with Crippen molar-refractivity contribution in [2.24, 2.45) is 0 Å². The highest BCUT2D eigenvalue weighted by Crippen LogP contribution is 2.29. The fourth-order valence-corrected chi connectivity index (χ4v) is 3.65. The summed E-state index contributed by atoms with van der Waals surface area (Å²) in [6, 6.07) is 30.6. The molecular weight excluding hydrogens is 340 g/mol. The van der Waals surface area contributed by atoms with E-state index in [2.05, 4.69) is 79.7 Å². The number of fused-ring (bicyclic) bond motifs is 1.